The molecule has 7 heteroatoms. The zero-order valence-corrected chi connectivity index (χ0v) is 12.2. The van der Waals surface area contributed by atoms with E-state index in [0.717, 1.165) is 12.1 Å². The average Bonchev–Trinajstić information content (AvgIpc) is 2.74. The second kappa shape index (κ2) is 6.83. The van der Waals surface area contributed by atoms with Crippen molar-refractivity contribution in [1.29, 1.82) is 0 Å². The van der Waals surface area contributed by atoms with Gasteiger partial charge in [0.1, 0.15) is 6.04 Å². The quantitative estimate of drug-likeness (QED) is 0.757. The van der Waals surface area contributed by atoms with Gasteiger partial charge in [-0.3, -0.25) is 24.4 Å². The highest BCUT2D eigenvalue weighted by Gasteiger charge is 2.28. The van der Waals surface area contributed by atoms with Crippen LogP contribution < -0.4 is 5.32 Å². The number of nitrogens with one attached hydrogen (secondary N) is 1. The van der Waals surface area contributed by atoms with Crippen LogP contribution in [-0.4, -0.2) is 46.0 Å². The number of imide groups is 1. The number of aryl methyl sites for hydroxylation is 2. The van der Waals surface area contributed by atoms with Crippen molar-refractivity contribution in [2.45, 2.75) is 32.7 Å². The van der Waals surface area contributed by atoms with Gasteiger partial charge >= 0.3 is 0 Å². The monoisotopic (exact) mass is 280 g/mol. The fourth-order valence-corrected chi connectivity index (χ4v) is 1.92. The molecule has 0 aliphatic heterocycles. The van der Waals surface area contributed by atoms with Crippen molar-refractivity contribution < 1.29 is 14.4 Å². The molecule has 0 aromatic carbocycles. The Bertz CT molecular complexity index is 490. The summed E-state index contributed by atoms with van der Waals surface area (Å²) in [6, 6.07) is 0.986. The topological polar surface area (TPSA) is 84.3 Å². The first kappa shape index (κ1) is 15.9. The van der Waals surface area contributed by atoms with E-state index in [2.05, 4.69) is 10.4 Å². The molecule has 1 heterocycles. The molecule has 1 unspecified atom stereocenters. The SMILES string of the molecule is CCCC(C(=O)NC=O)N(C)C(=O)c1cc(C)n(C)n1. The van der Waals surface area contributed by atoms with Gasteiger partial charge in [-0.1, -0.05) is 13.3 Å². The third kappa shape index (κ3) is 3.43. The summed E-state index contributed by atoms with van der Waals surface area (Å²) in [6.07, 6.45) is 1.53. The van der Waals surface area contributed by atoms with Gasteiger partial charge in [0, 0.05) is 19.8 Å². The van der Waals surface area contributed by atoms with Crippen molar-refractivity contribution in [3.63, 3.8) is 0 Å². The molecule has 1 aromatic heterocycles. The summed E-state index contributed by atoms with van der Waals surface area (Å²) >= 11 is 0. The zero-order valence-electron chi connectivity index (χ0n) is 12.2. The van der Waals surface area contributed by atoms with Gasteiger partial charge in [0.2, 0.25) is 12.3 Å². The maximum Gasteiger partial charge on any atom is 0.274 e. The van der Waals surface area contributed by atoms with Gasteiger partial charge in [-0.15, -0.1) is 0 Å². The van der Waals surface area contributed by atoms with E-state index in [-0.39, 0.29) is 11.6 Å². The molecule has 0 spiro atoms. The van der Waals surface area contributed by atoms with E-state index in [1.807, 2.05) is 13.8 Å². The summed E-state index contributed by atoms with van der Waals surface area (Å²) in [4.78, 5) is 35.8. The Kier molecular flexibility index (Phi) is 5.42. The fraction of sp³-hybridized carbons (Fsp3) is 0.538. The predicted octanol–water partition coefficient (Wildman–Crippen LogP) is 0.242. The molecule has 0 aliphatic carbocycles. The Morgan fingerprint density at radius 2 is 2.20 bits per heavy atom. The Balaban J connectivity index is 2.93. The zero-order chi connectivity index (χ0) is 15.3. The van der Waals surface area contributed by atoms with Gasteiger partial charge in [0.15, 0.2) is 5.69 Å². The molecule has 0 aliphatic rings. The van der Waals surface area contributed by atoms with Crippen LogP contribution in [0.1, 0.15) is 35.9 Å². The number of carbonyl (C=O) groups is 3. The van der Waals surface area contributed by atoms with Crippen molar-refractivity contribution in [1.82, 2.24) is 20.0 Å². The highest BCUT2D eigenvalue weighted by molar-refractivity contribution is 5.97. The van der Waals surface area contributed by atoms with Crippen LogP contribution in [0.15, 0.2) is 6.07 Å². The van der Waals surface area contributed by atoms with Crippen LogP contribution in [0.3, 0.4) is 0 Å². The summed E-state index contributed by atoms with van der Waals surface area (Å²) in [5.41, 5.74) is 1.14. The van der Waals surface area contributed by atoms with E-state index in [1.165, 1.54) is 11.9 Å². The minimum Gasteiger partial charge on any atom is -0.328 e. The second-order valence-electron chi connectivity index (χ2n) is 4.64. The van der Waals surface area contributed by atoms with Gasteiger partial charge in [0.25, 0.3) is 5.91 Å². The van der Waals surface area contributed by atoms with E-state index in [9.17, 15) is 14.4 Å². The van der Waals surface area contributed by atoms with E-state index in [0.29, 0.717) is 12.8 Å². The van der Waals surface area contributed by atoms with Crippen LogP contribution in [0.2, 0.25) is 0 Å². The van der Waals surface area contributed by atoms with E-state index >= 15 is 0 Å². The Morgan fingerprint density at radius 1 is 1.55 bits per heavy atom. The van der Waals surface area contributed by atoms with Crippen molar-refractivity contribution in [3.05, 3.63) is 17.5 Å². The summed E-state index contributed by atoms with van der Waals surface area (Å²) in [6.45, 7) is 3.75. The van der Waals surface area contributed by atoms with Crippen LogP contribution in [-0.2, 0) is 16.6 Å². The summed E-state index contributed by atoms with van der Waals surface area (Å²) < 4.78 is 1.60. The predicted molar refractivity (Wildman–Crippen MR) is 72.9 cm³/mol. The number of likely N-dealkylation sites (N-methyl/N-ethyl adjacent to an activating group) is 1. The second-order valence-corrected chi connectivity index (χ2v) is 4.64. The van der Waals surface area contributed by atoms with Crippen LogP contribution in [0.5, 0.6) is 0 Å². The summed E-state index contributed by atoms with van der Waals surface area (Å²) in [5.74, 6) is -0.821. The van der Waals surface area contributed by atoms with Crippen LogP contribution >= 0.6 is 0 Å². The van der Waals surface area contributed by atoms with Crippen molar-refractivity contribution in [2.24, 2.45) is 7.05 Å². The van der Waals surface area contributed by atoms with Gasteiger partial charge in [-0.05, 0) is 19.4 Å². The molecule has 0 radical (unpaired) electrons. The minimum atomic E-state index is -0.681. The smallest absolute Gasteiger partial charge is 0.274 e. The first-order valence-electron chi connectivity index (χ1n) is 6.44. The maximum absolute atomic E-state index is 12.3. The number of nitrogens with zero attached hydrogens (tertiary/aromatic N) is 3. The molecule has 1 N–H and O–H groups in total. The maximum atomic E-state index is 12.3. The average molecular weight is 280 g/mol. The Morgan fingerprint density at radius 3 is 2.65 bits per heavy atom. The van der Waals surface area contributed by atoms with Crippen LogP contribution in [0, 0.1) is 6.92 Å². The van der Waals surface area contributed by atoms with Gasteiger partial charge in [-0.25, -0.2) is 0 Å². The molecular formula is C13H20N4O3. The molecule has 0 saturated carbocycles. The molecule has 0 fully saturated rings. The number of rotatable bonds is 6. The summed E-state index contributed by atoms with van der Waals surface area (Å²) in [5, 5.41) is 6.20. The van der Waals surface area contributed by atoms with Crippen molar-refractivity contribution in [3.8, 4) is 0 Å². The van der Waals surface area contributed by atoms with Gasteiger partial charge < -0.3 is 4.90 Å². The highest BCUT2D eigenvalue weighted by atomic mass is 16.2. The standard InChI is InChI=1S/C13H20N4O3/c1-5-6-11(12(19)14-8-18)16(3)13(20)10-7-9(2)17(4)15-10/h7-8,11H,5-6H2,1-4H3,(H,14,18,19). The van der Waals surface area contributed by atoms with Crippen LogP contribution in [0.25, 0.3) is 0 Å². The largest absolute Gasteiger partial charge is 0.328 e. The molecule has 3 amide bonds. The first-order valence-corrected chi connectivity index (χ1v) is 6.44. The van der Waals surface area contributed by atoms with E-state index in [1.54, 1.807) is 17.8 Å². The third-order valence-electron chi connectivity index (χ3n) is 3.19. The minimum absolute atomic E-state index is 0.285. The lowest BCUT2D eigenvalue weighted by Crippen LogP contribution is -2.47. The molecule has 1 rings (SSSR count). The number of carbonyl (C=O) groups excluding carboxylic acids is 3. The van der Waals surface area contributed by atoms with E-state index < -0.39 is 11.9 Å². The van der Waals surface area contributed by atoms with Crippen molar-refractivity contribution in [2.75, 3.05) is 7.05 Å². The lowest BCUT2D eigenvalue weighted by atomic mass is 10.1. The molecule has 1 atom stereocenters. The number of hydrogen-bond donors (Lipinski definition) is 1. The van der Waals surface area contributed by atoms with Gasteiger partial charge in [0.05, 0.1) is 0 Å². The number of amides is 3. The third-order valence-corrected chi connectivity index (χ3v) is 3.19. The van der Waals surface area contributed by atoms with Crippen molar-refractivity contribution >= 4 is 18.2 Å². The summed E-state index contributed by atoms with van der Waals surface area (Å²) in [7, 11) is 3.28. The molecular weight excluding hydrogens is 260 g/mol. The van der Waals surface area contributed by atoms with Crippen LogP contribution in [0.4, 0.5) is 0 Å². The molecule has 0 bridgehead atoms. The lowest BCUT2D eigenvalue weighted by Gasteiger charge is -2.25. The number of hydrogen-bond acceptors (Lipinski definition) is 4. The molecule has 20 heavy (non-hydrogen) atoms. The molecule has 110 valence electrons. The molecule has 1 aromatic rings. The number of aromatic nitrogens is 2. The molecule has 7 nitrogen and oxygen atoms in total. The van der Waals surface area contributed by atoms with Gasteiger partial charge in [-0.2, -0.15) is 5.10 Å². The highest BCUT2D eigenvalue weighted by Crippen LogP contribution is 2.11. The Hall–Kier alpha value is -2.18. The molecule has 0 saturated heterocycles. The van der Waals surface area contributed by atoms with E-state index in [4.69, 9.17) is 0 Å². The fourth-order valence-electron chi connectivity index (χ4n) is 1.92. The lowest BCUT2D eigenvalue weighted by molar-refractivity contribution is -0.128. The Labute approximate surface area is 117 Å². The normalized spacial score (nSPS) is 11.8. The first-order chi connectivity index (χ1) is 9.42.